The van der Waals surface area contributed by atoms with Gasteiger partial charge in [-0.2, -0.15) is 4.31 Å². The van der Waals surface area contributed by atoms with Crippen molar-refractivity contribution < 1.29 is 32.6 Å². The topological polar surface area (TPSA) is 133 Å². The van der Waals surface area contributed by atoms with Crippen LogP contribution in [0.1, 0.15) is 37.7 Å². The molecule has 2 N–H and O–H groups in total. The Balaban J connectivity index is 1.35. The van der Waals surface area contributed by atoms with E-state index >= 15 is 0 Å². The van der Waals surface area contributed by atoms with Crippen LogP contribution in [0.3, 0.4) is 0 Å². The molecule has 2 saturated heterocycles. The van der Waals surface area contributed by atoms with Crippen LogP contribution in [0.5, 0.6) is 0 Å². The number of β-amino-alcohol motifs (C(OH)–C–C–N with tert-alkyl or cyclic N) is 1. The van der Waals surface area contributed by atoms with Gasteiger partial charge in [0.1, 0.15) is 11.7 Å². The number of hydrogen-bond donors (Lipinski definition) is 2. The molecule has 0 bridgehead atoms. The molecule has 0 spiro atoms. The fourth-order valence-corrected chi connectivity index (χ4v) is 8.43. The Hall–Kier alpha value is -3.28. The van der Waals surface area contributed by atoms with E-state index in [9.17, 15) is 27.9 Å². The summed E-state index contributed by atoms with van der Waals surface area (Å²) in [5, 5.41) is 15.0. The maximum atomic E-state index is 13.8. The van der Waals surface area contributed by atoms with Crippen molar-refractivity contribution in [1.82, 2.24) is 9.62 Å². The SMILES string of the molecule is Cc1ccc(S(=O)(=O)N2C[C@H]3[C@H]4C(=O)N(c5ccccc5)C(=O)[C@H]4C[C@H](OC(=O)NC4CCCC4)[C@@]3(O)C2)cc1. The van der Waals surface area contributed by atoms with Crippen molar-refractivity contribution in [2.24, 2.45) is 17.8 Å². The minimum Gasteiger partial charge on any atom is -0.443 e. The van der Waals surface area contributed by atoms with Crippen molar-refractivity contribution >= 4 is 33.6 Å². The van der Waals surface area contributed by atoms with Crippen LogP contribution in [-0.2, 0) is 24.3 Å². The van der Waals surface area contributed by atoms with Gasteiger partial charge in [-0.25, -0.2) is 13.2 Å². The molecule has 2 saturated carbocycles. The second-order valence-electron chi connectivity index (χ2n) is 11.4. The van der Waals surface area contributed by atoms with Gasteiger partial charge in [0.15, 0.2) is 0 Å². The van der Waals surface area contributed by atoms with E-state index in [-0.39, 0.29) is 30.4 Å². The first kappa shape index (κ1) is 26.9. The van der Waals surface area contributed by atoms with Gasteiger partial charge in [-0.05, 0) is 50.5 Å². The average Bonchev–Trinajstić information content (AvgIpc) is 3.63. The molecule has 2 aliphatic carbocycles. The number of aliphatic hydroxyl groups is 1. The lowest BCUT2D eigenvalue weighted by Gasteiger charge is -2.44. The van der Waals surface area contributed by atoms with Crippen LogP contribution in [0.25, 0.3) is 0 Å². The van der Waals surface area contributed by atoms with E-state index in [1.165, 1.54) is 12.1 Å². The molecular formula is C29H33N3O7S. The molecule has 11 heteroatoms. The zero-order valence-corrected chi connectivity index (χ0v) is 23.0. The summed E-state index contributed by atoms with van der Waals surface area (Å²) in [6, 6.07) is 14.9. The number of benzene rings is 2. The average molecular weight is 568 g/mol. The van der Waals surface area contributed by atoms with Gasteiger partial charge in [0, 0.05) is 25.0 Å². The summed E-state index contributed by atoms with van der Waals surface area (Å²) >= 11 is 0. The molecule has 2 aromatic rings. The second kappa shape index (κ2) is 9.97. The second-order valence-corrected chi connectivity index (χ2v) is 13.4. The molecule has 10 nitrogen and oxygen atoms in total. The summed E-state index contributed by atoms with van der Waals surface area (Å²) in [7, 11) is -4.04. The predicted octanol–water partition coefficient (Wildman–Crippen LogP) is 2.59. The summed E-state index contributed by atoms with van der Waals surface area (Å²) in [6.45, 7) is 1.31. The number of aryl methyl sites for hydroxylation is 1. The minimum absolute atomic E-state index is 0.0282. The van der Waals surface area contributed by atoms with E-state index in [0.717, 1.165) is 40.5 Å². The van der Waals surface area contributed by atoms with Crippen LogP contribution in [0.15, 0.2) is 59.5 Å². The van der Waals surface area contributed by atoms with E-state index in [0.29, 0.717) is 5.69 Å². The number of nitrogens with zero attached hydrogens (tertiary/aromatic N) is 2. The van der Waals surface area contributed by atoms with Crippen molar-refractivity contribution in [2.75, 3.05) is 18.0 Å². The lowest BCUT2D eigenvalue weighted by Crippen LogP contribution is -2.60. The number of rotatable bonds is 5. The van der Waals surface area contributed by atoms with Crippen LogP contribution in [0.4, 0.5) is 10.5 Å². The highest BCUT2D eigenvalue weighted by Gasteiger charge is 2.68. The van der Waals surface area contributed by atoms with Gasteiger partial charge in [-0.1, -0.05) is 48.7 Å². The zero-order chi connectivity index (χ0) is 28.2. The largest absolute Gasteiger partial charge is 0.443 e. The van der Waals surface area contributed by atoms with E-state index < -0.39 is 57.4 Å². The zero-order valence-electron chi connectivity index (χ0n) is 22.2. The van der Waals surface area contributed by atoms with Crippen LogP contribution in [0, 0.1) is 24.7 Å². The highest BCUT2D eigenvalue weighted by atomic mass is 32.2. The summed E-state index contributed by atoms with van der Waals surface area (Å²) in [4.78, 5) is 41.5. The number of amides is 3. The number of nitrogens with one attached hydrogen (secondary N) is 1. The van der Waals surface area contributed by atoms with E-state index in [2.05, 4.69) is 5.32 Å². The van der Waals surface area contributed by atoms with Crippen LogP contribution >= 0.6 is 0 Å². The van der Waals surface area contributed by atoms with Crippen molar-refractivity contribution in [3.63, 3.8) is 0 Å². The Labute approximate surface area is 233 Å². The number of carbonyl (C=O) groups is 3. The molecule has 3 amide bonds. The summed E-state index contributed by atoms with van der Waals surface area (Å²) in [5.74, 6) is -3.67. The fourth-order valence-electron chi connectivity index (χ4n) is 6.91. The standard InChI is InChI=1S/C29H33N3O7S/c1-18-11-13-21(14-12-18)40(37,38)31-16-23-25-22(26(33)32(27(25)34)20-9-3-2-4-10-20)15-24(29(23,36)17-31)39-28(35)30-19-7-5-6-8-19/h2-4,9-14,19,22-25,36H,5-8,15-17H2,1H3,(H,30,35)/t22-,23-,24-,25-,29+/m0/s1. The molecule has 0 radical (unpaired) electrons. The Kier molecular flexibility index (Phi) is 6.71. The Bertz CT molecular complexity index is 1430. The van der Waals surface area contributed by atoms with Crippen molar-refractivity contribution in [1.29, 1.82) is 0 Å². The normalized spacial score (nSPS) is 30.8. The number of ether oxygens (including phenoxy) is 1. The van der Waals surface area contributed by atoms with Gasteiger partial charge >= 0.3 is 6.09 Å². The summed E-state index contributed by atoms with van der Waals surface area (Å²) < 4.78 is 34.2. The molecule has 4 fully saturated rings. The lowest BCUT2D eigenvalue weighted by atomic mass is 9.65. The number of para-hydroxylation sites is 1. The number of imide groups is 1. The van der Waals surface area contributed by atoms with E-state index in [1.54, 1.807) is 42.5 Å². The van der Waals surface area contributed by atoms with Crippen LogP contribution < -0.4 is 10.2 Å². The quantitative estimate of drug-likeness (QED) is 0.531. The fraction of sp³-hybridized carbons (Fsp3) is 0.483. The highest BCUT2D eigenvalue weighted by Crippen LogP contribution is 2.52. The van der Waals surface area contributed by atoms with Gasteiger partial charge in [-0.15, -0.1) is 0 Å². The monoisotopic (exact) mass is 567 g/mol. The maximum absolute atomic E-state index is 13.8. The molecule has 5 atom stereocenters. The highest BCUT2D eigenvalue weighted by molar-refractivity contribution is 7.89. The molecular weight excluding hydrogens is 534 g/mol. The smallest absolute Gasteiger partial charge is 0.407 e. The molecule has 2 aliphatic heterocycles. The molecule has 2 heterocycles. The maximum Gasteiger partial charge on any atom is 0.407 e. The number of anilines is 1. The number of alkyl carbamates (subject to hydrolysis) is 1. The first-order chi connectivity index (χ1) is 19.1. The molecule has 4 aliphatic rings. The van der Waals surface area contributed by atoms with Crippen molar-refractivity contribution in [3.05, 3.63) is 60.2 Å². The van der Waals surface area contributed by atoms with Crippen molar-refractivity contribution in [3.8, 4) is 0 Å². The minimum atomic E-state index is -4.04. The predicted molar refractivity (Wildman–Crippen MR) is 145 cm³/mol. The molecule has 212 valence electrons. The first-order valence-corrected chi connectivity index (χ1v) is 15.2. The number of carbonyl (C=O) groups excluding carboxylic acids is 3. The third kappa shape index (κ3) is 4.40. The third-order valence-electron chi connectivity index (χ3n) is 9.01. The van der Waals surface area contributed by atoms with Crippen LogP contribution in [-0.4, -0.2) is 66.6 Å². The molecule has 0 aromatic heterocycles. The number of hydrogen-bond acceptors (Lipinski definition) is 7. The number of sulfonamides is 1. The Morgan fingerprint density at radius 2 is 1.70 bits per heavy atom. The van der Waals surface area contributed by atoms with Gasteiger partial charge in [0.05, 0.1) is 22.4 Å². The van der Waals surface area contributed by atoms with Gasteiger partial charge < -0.3 is 15.2 Å². The third-order valence-corrected chi connectivity index (χ3v) is 10.8. The summed E-state index contributed by atoms with van der Waals surface area (Å²) in [5.41, 5.74) is -0.545. The molecule has 2 aromatic carbocycles. The molecule has 40 heavy (non-hydrogen) atoms. The van der Waals surface area contributed by atoms with Gasteiger partial charge in [-0.3, -0.25) is 14.5 Å². The van der Waals surface area contributed by atoms with E-state index in [1.807, 2.05) is 6.92 Å². The molecule has 0 unspecified atom stereocenters. The lowest BCUT2D eigenvalue weighted by molar-refractivity contribution is -0.156. The number of fused-ring (bicyclic) bond motifs is 3. The van der Waals surface area contributed by atoms with E-state index in [4.69, 9.17) is 4.74 Å². The Morgan fingerprint density at radius 1 is 1.02 bits per heavy atom. The first-order valence-electron chi connectivity index (χ1n) is 13.8. The molecule has 6 rings (SSSR count). The summed E-state index contributed by atoms with van der Waals surface area (Å²) in [6.07, 6.45) is 1.70. The van der Waals surface area contributed by atoms with Crippen LogP contribution in [0.2, 0.25) is 0 Å². The van der Waals surface area contributed by atoms with Gasteiger partial charge in [0.25, 0.3) is 0 Å². The van der Waals surface area contributed by atoms with Gasteiger partial charge in [0.2, 0.25) is 21.8 Å². The Morgan fingerprint density at radius 3 is 2.38 bits per heavy atom. The van der Waals surface area contributed by atoms with Crippen molar-refractivity contribution in [2.45, 2.75) is 61.7 Å².